The van der Waals surface area contributed by atoms with E-state index in [1.165, 1.54) is 50.9 Å². The maximum atomic E-state index is 10.4. The summed E-state index contributed by atoms with van der Waals surface area (Å²) in [7, 11) is -1.79. The first kappa shape index (κ1) is 19.1. The zero-order valence-electron chi connectivity index (χ0n) is 12.7. The Hall–Kier alpha value is -0.910. The molecule has 0 aliphatic carbocycles. The third-order valence-corrected chi connectivity index (χ3v) is 3.70. The molecule has 0 spiro atoms. The van der Waals surface area contributed by atoms with Crippen molar-refractivity contribution in [3.8, 4) is 0 Å². The average Bonchev–Trinajstić information content (AvgIpc) is 2.43. The SMILES string of the molecule is CCCCN(C)CCCC.O=S(=O)(O)c1ccccc1. The fourth-order valence-corrected chi connectivity index (χ4v) is 2.06. The second-order valence-electron chi connectivity index (χ2n) is 4.80. The highest BCUT2D eigenvalue weighted by molar-refractivity contribution is 7.85. The summed E-state index contributed by atoms with van der Waals surface area (Å²) in [5.41, 5.74) is 0. The van der Waals surface area contributed by atoms with E-state index >= 15 is 0 Å². The summed E-state index contributed by atoms with van der Waals surface area (Å²) in [5.74, 6) is 0. The Morgan fingerprint density at radius 2 is 1.45 bits per heavy atom. The van der Waals surface area contributed by atoms with Gasteiger partial charge in [-0.3, -0.25) is 4.55 Å². The second kappa shape index (κ2) is 10.8. The molecule has 0 unspecified atom stereocenters. The molecule has 0 radical (unpaired) electrons. The van der Waals surface area contributed by atoms with E-state index in [2.05, 4.69) is 25.8 Å². The minimum atomic E-state index is -4.00. The van der Waals surface area contributed by atoms with E-state index in [0.717, 1.165) is 0 Å². The van der Waals surface area contributed by atoms with Gasteiger partial charge in [0.1, 0.15) is 0 Å². The van der Waals surface area contributed by atoms with Crippen molar-refractivity contribution in [1.29, 1.82) is 0 Å². The van der Waals surface area contributed by atoms with Crippen molar-refractivity contribution in [3.63, 3.8) is 0 Å². The van der Waals surface area contributed by atoms with E-state index in [0.29, 0.717) is 0 Å². The lowest BCUT2D eigenvalue weighted by Gasteiger charge is -2.14. The highest BCUT2D eigenvalue weighted by Gasteiger charge is 2.05. The molecular weight excluding hydrogens is 274 g/mol. The third-order valence-electron chi connectivity index (χ3n) is 2.83. The van der Waals surface area contributed by atoms with E-state index in [9.17, 15) is 8.42 Å². The molecule has 0 aromatic heterocycles. The lowest BCUT2D eigenvalue weighted by atomic mass is 10.3. The Bertz CT molecular complexity index is 424. The zero-order chi connectivity index (χ0) is 15.4. The second-order valence-corrected chi connectivity index (χ2v) is 6.22. The lowest BCUT2D eigenvalue weighted by molar-refractivity contribution is 0.322. The summed E-state index contributed by atoms with van der Waals surface area (Å²) in [6, 6.07) is 7.42. The van der Waals surface area contributed by atoms with Crippen LogP contribution in [0.2, 0.25) is 0 Å². The van der Waals surface area contributed by atoms with Gasteiger partial charge >= 0.3 is 0 Å². The number of hydrogen-bond acceptors (Lipinski definition) is 3. The third kappa shape index (κ3) is 9.95. The van der Waals surface area contributed by atoms with Crippen molar-refractivity contribution in [2.24, 2.45) is 0 Å². The highest BCUT2D eigenvalue weighted by Crippen LogP contribution is 2.05. The zero-order valence-corrected chi connectivity index (χ0v) is 13.6. The molecule has 0 aliphatic rings. The van der Waals surface area contributed by atoms with Gasteiger partial charge in [-0.15, -0.1) is 0 Å². The molecule has 0 saturated heterocycles. The molecule has 20 heavy (non-hydrogen) atoms. The Labute approximate surface area is 123 Å². The van der Waals surface area contributed by atoms with Crippen LogP contribution in [0.15, 0.2) is 35.2 Å². The van der Waals surface area contributed by atoms with Crippen LogP contribution in [0.25, 0.3) is 0 Å². The predicted octanol–water partition coefficient (Wildman–Crippen LogP) is 3.45. The minimum absolute atomic E-state index is 0.0741. The number of nitrogens with zero attached hydrogens (tertiary/aromatic N) is 1. The van der Waals surface area contributed by atoms with Crippen LogP contribution in [0.3, 0.4) is 0 Å². The fraction of sp³-hybridized carbons (Fsp3) is 0.600. The van der Waals surface area contributed by atoms with Gasteiger partial charge in [0.2, 0.25) is 0 Å². The molecule has 0 fully saturated rings. The molecule has 0 amide bonds. The van der Waals surface area contributed by atoms with Gasteiger partial charge in [-0.2, -0.15) is 8.42 Å². The Morgan fingerprint density at radius 1 is 1.00 bits per heavy atom. The highest BCUT2D eigenvalue weighted by atomic mass is 32.2. The van der Waals surface area contributed by atoms with Crippen molar-refractivity contribution in [3.05, 3.63) is 30.3 Å². The standard InChI is InChI=1S/C9H21N.C6H6O3S/c1-4-6-8-10(3)9-7-5-2;7-10(8,9)6-4-2-1-3-5-6/h4-9H2,1-3H3;1-5H,(H,7,8,9). The maximum Gasteiger partial charge on any atom is 0.294 e. The molecular formula is C15H27NO3S. The van der Waals surface area contributed by atoms with Crippen molar-refractivity contribution >= 4 is 10.1 Å². The first-order valence-corrected chi connectivity index (χ1v) is 8.56. The molecule has 1 N–H and O–H groups in total. The van der Waals surface area contributed by atoms with Crippen LogP contribution in [0.1, 0.15) is 39.5 Å². The smallest absolute Gasteiger partial charge is 0.294 e. The number of unbranched alkanes of at least 4 members (excludes halogenated alkanes) is 2. The quantitative estimate of drug-likeness (QED) is 0.784. The molecule has 1 aromatic carbocycles. The normalized spacial score (nSPS) is 11.1. The molecule has 116 valence electrons. The minimum Gasteiger partial charge on any atom is -0.306 e. The fourth-order valence-electron chi connectivity index (χ4n) is 1.56. The summed E-state index contributed by atoms with van der Waals surface area (Å²) in [4.78, 5) is 2.35. The molecule has 0 heterocycles. The summed E-state index contributed by atoms with van der Waals surface area (Å²) in [6.07, 6.45) is 5.33. The van der Waals surface area contributed by atoms with E-state index in [4.69, 9.17) is 4.55 Å². The predicted molar refractivity (Wildman–Crippen MR) is 83.6 cm³/mol. The van der Waals surface area contributed by atoms with Crippen LogP contribution >= 0.6 is 0 Å². The van der Waals surface area contributed by atoms with Gasteiger partial charge in [0.25, 0.3) is 10.1 Å². The number of benzene rings is 1. The van der Waals surface area contributed by atoms with Crippen molar-refractivity contribution < 1.29 is 13.0 Å². The molecule has 0 bridgehead atoms. The van der Waals surface area contributed by atoms with Crippen LogP contribution < -0.4 is 0 Å². The number of rotatable bonds is 7. The summed E-state index contributed by atoms with van der Waals surface area (Å²) < 4.78 is 29.2. The van der Waals surface area contributed by atoms with E-state index in [1.807, 2.05) is 0 Å². The van der Waals surface area contributed by atoms with Gasteiger partial charge in [0.05, 0.1) is 4.90 Å². The van der Waals surface area contributed by atoms with Crippen molar-refractivity contribution in [1.82, 2.24) is 4.90 Å². The van der Waals surface area contributed by atoms with Gasteiger partial charge in [0.15, 0.2) is 0 Å². The lowest BCUT2D eigenvalue weighted by Crippen LogP contribution is -2.20. The van der Waals surface area contributed by atoms with E-state index < -0.39 is 10.1 Å². The maximum absolute atomic E-state index is 10.4. The topological polar surface area (TPSA) is 57.6 Å². The van der Waals surface area contributed by atoms with Gasteiger partial charge in [0, 0.05) is 0 Å². The van der Waals surface area contributed by atoms with Crippen molar-refractivity contribution in [2.75, 3.05) is 20.1 Å². The Kier molecular flexibility index (Phi) is 10.3. The first-order valence-electron chi connectivity index (χ1n) is 7.12. The Balaban J connectivity index is 0.000000361. The first-order chi connectivity index (χ1) is 9.41. The van der Waals surface area contributed by atoms with Gasteiger partial charge in [-0.05, 0) is 45.1 Å². The molecule has 1 aromatic rings. The van der Waals surface area contributed by atoms with Crippen molar-refractivity contribution in [2.45, 2.75) is 44.4 Å². The van der Waals surface area contributed by atoms with Gasteiger partial charge in [-0.25, -0.2) is 0 Å². The van der Waals surface area contributed by atoms with Gasteiger partial charge in [-0.1, -0.05) is 44.9 Å². The summed E-state index contributed by atoms with van der Waals surface area (Å²) in [5, 5.41) is 0. The molecule has 0 aliphatic heterocycles. The van der Waals surface area contributed by atoms with E-state index in [-0.39, 0.29) is 4.90 Å². The van der Waals surface area contributed by atoms with Gasteiger partial charge < -0.3 is 4.90 Å². The van der Waals surface area contributed by atoms with Crippen LogP contribution in [0, 0.1) is 0 Å². The molecule has 0 atom stereocenters. The largest absolute Gasteiger partial charge is 0.306 e. The van der Waals surface area contributed by atoms with Crippen LogP contribution in [0.5, 0.6) is 0 Å². The monoisotopic (exact) mass is 301 g/mol. The van der Waals surface area contributed by atoms with E-state index in [1.54, 1.807) is 18.2 Å². The molecule has 5 heteroatoms. The van der Waals surface area contributed by atoms with Crippen LogP contribution in [-0.4, -0.2) is 38.0 Å². The summed E-state index contributed by atoms with van der Waals surface area (Å²) in [6.45, 7) is 7.04. The van der Waals surface area contributed by atoms with Crippen LogP contribution in [0.4, 0.5) is 0 Å². The van der Waals surface area contributed by atoms with Crippen LogP contribution in [-0.2, 0) is 10.1 Å². The summed E-state index contributed by atoms with van der Waals surface area (Å²) >= 11 is 0. The molecule has 0 saturated carbocycles. The molecule has 4 nitrogen and oxygen atoms in total. The number of hydrogen-bond donors (Lipinski definition) is 1. The Morgan fingerprint density at radius 3 is 1.75 bits per heavy atom. The average molecular weight is 301 g/mol. The molecule has 1 rings (SSSR count).